The maximum Gasteiger partial charge on any atom is 0.226 e. The SMILES string of the molecule is CC(C)NCC1CCCN(C(=O)Cc2ccc(Br)cc2)C1. The van der Waals surface area contributed by atoms with Gasteiger partial charge in [-0.2, -0.15) is 0 Å². The maximum absolute atomic E-state index is 12.4. The monoisotopic (exact) mass is 352 g/mol. The van der Waals surface area contributed by atoms with E-state index in [0.717, 1.165) is 36.1 Å². The molecule has 21 heavy (non-hydrogen) atoms. The van der Waals surface area contributed by atoms with Crippen molar-refractivity contribution in [3.05, 3.63) is 34.3 Å². The van der Waals surface area contributed by atoms with E-state index in [2.05, 4.69) is 35.1 Å². The number of amides is 1. The Kier molecular flexibility index (Phi) is 6.24. The van der Waals surface area contributed by atoms with Crippen LogP contribution in [0, 0.1) is 5.92 Å². The fraction of sp³-hybridized carbons (Fsp3) is 0.588. The lowest BCUT2D eigenvalue weighted by atomic mass is 9.97. The molecule has 1 N–H and O–H groups in total. The molecule has 1 saturated heterocycles. The minimum atomic E-state index is 0.256. The van der Waals surface area contributed by atoms with Crippen molar-refractivity contribution in [1.29, 1.82) is 0 Å². The van der Waals surface area contributed by atoms with Crippen molar-refractivity contribution < 1.29 is 4.79 Å². The molecule has 3 nitrogen and oxygen atoms in total. The van der Waals surface area contributed by atoms with E-state index in [1.165, 1.54) is 6.42 Å². The molecule has 1 aromatic carbocycles. The second-order valence-corrected chi connectivity index (χ2v) is 7.13. The fourth-order valence-corrected chi connectivity index (χ4v) is 3.01. The van der Waals surface area contributed by atoms with Gasteiger partial charge in [0.15, 0.2) is 0 Å². The average molecular weight is 353 g/mol. The lowest BCUT2D eigenvalue weighted by Crippen LogP contribution is -2.44. The van der Waals surface area contributed by atoms with Crippen molar-refractivity contribution in [2.75, 3.05) is 19.6 Å². The molecule has 0 aromatic heterocycles. The predicted molar refractivity (Wildman–Crippen MR) is 90.3 cm³/mol. The third kappa shape index (κ3) is 5.44. The molecule has 0 bridgehead atoms. The van der Waals surface area contributed by atoms with E-state index in [-0.39, 0.29) is 5.91 Å². The molecule has 0 saturated carbocycles. The minimum absolute atomic E-state index is 0.256. The Morgan fingerprint density at radius 2 is 2.10 bits per heavy atom. The van der Waals surface area contributed by atoms with Crippen molar-refractivity contribution in [2.45, 2.75) is 39.2 Å². The highest BCUT2D eigenvalue weighted by molar-refractivity contribution is 9.10. The van der Waals surface area contributed by atoms with Gasteiger partial charge in [-0.3, -0.25) is 4.79 Å². The molecular weight excluding hydrogens is 328 g/mol. The van der Waals surface area contributed by atoms with E-state index in [1.54, 1.807) is 0 Å². The standard InChI is InChI=1S/C17H25BrN2O/c1-13(2)19-11-15-4-3-9-20(12-15)17(21)10-14-5-7-16(18)8-6-14/h5-8,13,15,19H,3-4,9-12H2,1-2H3. The summed E-state index contributed by atoms with van der Waals surface area (Å²) in [7, 11) is 0. The lowest BCUT2D eigenvalue weighted by Gasteiger charge is -2.33. The van der Waals surface area contributed by atoms with Gasteiger partial charge in [-0.05, 0) is 43.0 Å². The molecule has 1 aromatic rings. The van der Waals surface area contributed by atoms with Gasteiger partial charge in [0, 0.05) is 23.6 Å². The molecule has 0 aliphatic carbocycles. The summed E-state index contributed by atoms with van der Waals surface area (Å²) in [5.41, 5.74) is 1.09. The molecule has 1 fully saturated rings. The fourth-order valence-electron chi connectivity index (χ4n) is 2.75. The van der Waals surface area contributed by atoms with Crippen LogP contribution < -0.4 is 5.32 Å². The molecule has 1 aliphatic rings. The van der Waals surface area contributed by atoms with Crippen molar-refractivity contribution in [2.24, 2.45) is 5.92 Å². The van der Waals surface area contributed by atoms with E-state index < -0.39 is 0 Å². The van der Waals surface area contributed by atoms with Gasteiger partial charge in [0.2, 0.25) is 5.91 Å². The highest BCUT2D eigenvalue weighted by Crippen LogP contribution is 2.18. The van der Waals surface area contributed by atoms with Gasteiger partial charge in [0.25, 0.3) is 0 Å². The minimum Gasteiger partial charge on any atom is -0.342 e. The van der Waals surface area contributed by atoms with Gasteiger partial charge in [-0.25, -0.2) is 0 Å². The van der Waals surface area contributed by atoms with E-state index >= 15 is 0 Å². The zero-order chi connectivity index (χ0) is 15.2. The summed E-state index contributed by atoms with van der Waals surface area (Å²) >= 11 is 3.42. The number of hydrogen-bond acceptors (Lipinski definition) is 2. The van der Waals surface area contributed by atoms with Crippen LogP contribution in [0.25, 0.3) is 0 Å². The predicted octanol–water partition coefficient (Wildman–Crippen LogP) is 3.23. The van der Waals surface area contributed by atoms with E-state index in [0.29, 0.717) is 18.4 Å². The highest BCUT2D eigenvalue weighted by Gasteiger charge is 2.23. The molecule has 1 amide bonds. The maximum atomic E-state index is 12.4. The molecule has 1 atom stereocenters. The van der Waals surface area contributed by atoms with Crippen molar-refractivity contribution in [1.82, 2.24) is 10.2 Å². The van der Waals surface area contributed by atoms with Gasteiger partial charge >= 0.3 is 0 Å². The second-order valence-electron chi connectivity index (χ2n) is 6.21. The van der Waals surface area contributed by atoms with Crippen LogP contribution in [0.1, 0.15) is 32.3 Å². The summed E-state index contributed by atoms with van der Waals surface area (Å²) < 4.78 is 1.05. The average Bonchev–Trinajstić information content (AvgIpc) is 2.48. The number of likely N-dealkylation sites (tertiary alicyclic amines) is 1. The third-order valence-electron chi connectivity index (χ3n) is 3.96. The Morgan fingerprint density at radius 1 is 1.38 bits per heavy atom. The van der Waals surface area contributed by atoms with Crippen LogP contribution in [0.15, 0.2) is 28.7 Å². The van der Waals surface area contributed by atoms with Crippen molar-refractivity contribution in [3.8, 4) is 0 Å². The molecule has 0 radical (unpaired) electrons. The first-order valence-electron chi connectivity index (χ1n) is 7.80. The first-order chi connectivity index (χ1) is 10.0. The smallest absolute Gasteiger partial charge is 0.226 e. The summed E-state index contributed by atoms with van der Waals surface area (Å²) in [5, 5.41) is 3.49. The topological polar surface area (TPSA) is 32.3 Å². The number of halogens is 1. The van der Waals surface area contributed by atoms with Crippen LogP contribution in [0.3, 0.4) is 0 Å². The molecular formula is C17H25BrN2O. The summed E-state index contributed by atoms with van der Waals surface area (Å²) in [6.07, 6.45) is 2.86. The number of benzene rings is 1. The summed E-state index contributed by atoms with van der Waals surface area (Å²) in [6.45, 7) is 7.15. The molecule has 1 unspecified atom stereocenters. The summed E-state index contributed by atoms with van der Waals surface area (Å²) in [5.74, 6) is 0.849. The van der Waals surface area contributed by atoms with Crippen molar-refractivity contribution >= 4 is 21.8 Å². The zero-order valence-electron chi connectivity index (χ0n) is 12.9. The Balaban J connectivity index is 1.85. The van der Waals surface area contributed by atoms with Crippen LogP contribution in [-0.4, -0.2) is 36.5 Å². The van der Waals surface area contributed by atoms with Crippen molar-refractivity contribution in [3.63, 3.8) is 0 Å². The summed E-state index contributed by atoms with van der Waals surface area (Å²) in [6, 6.07) is 8.54. The number of nitrogens with one attached hydrogen (secondary N) is 1. The van der Waals surface area contributed by atoms with Crippen LogP contribution >= 0.6 is 15.9 Å². The Labute approximate surface area is 136 Å². The highest BCUT2D eigenvalue weighted by atomic mass is 79.9. The molecule has 0 spiro atoms. The molecule has 2 rings (SSSR count). The van der Waals surface area contributed by atoms with Gasteiger partial charge in [0.05, 0.1) is 6.42 Å². The van der Waals surface area contributed by atoms with E-state index in [9.17, 15) is 4.79 Å². The number of hydrogen-bond donors (Lipinski definition) is 1. The normalized spacial score (nSPS) is 19.0. The Bertz CT molecular complexity index is 458. The Morgan fingerprint density at radius 3 is 2.76 bits per heavy atom. The first kappa shape index (κ1) is 16.5. The number of carbonyl (C=O) groups is 1. The molecule has 116 valence electrons. The number of nitrogens with zero attached hydrogens (tertiary/aromatic N) is 1. The van der Waals surface area contributed by atoms with Gasteiger partial charge in [0.1, 0.15) is 0 Å². The van der Waals surface area contributed by atoms with Crippen LogP contribution in [0.2, 0.25) is 0 Å². The number of rotatable bonds is 5. The molecule has 4 heteroatoms. The summed E-state index contributed by atoms with van der Waals surface area (Å²) in [4.78, 5) is 14.5. The van der Waals surface area contributed by atoms with Gasteiger partial charge < -0.3 is 10.2 Å². The quantitative estimate of drug-likeness (QED) is 0.882. The van der Waals surface area contributed by atoms with Crippen LogP contribution in [0.5, 0.6) is 0 Å². The second kappa shape index (κ2) is 7.95. The van der Waals surface area contributed by atoms with Gasteiger partial charge in [-0.1, -0.05) is 41.9 Å². The molecule has 1 heterocycles. The first-order valence-corrected chi connectivity index (χ1v) is 8.59. The zero-order valence-corrected chi connectivity index (χ0v) is 14.5. The molecule has 1 aliphatic heterocycles. The van der Waals surface area contributed by atoms with Gasteiger partial charge in [-0.15, -0.1) is 0 Å². The van der Waals surface area contributed by atoms with Crippen LogP contribution in [-0.2, 0) is 11.2 Å². The van der Waals surface area contributed by atoms with E-state index in [4.69, 9.17) is 0 Å². The Hall–Kier alpha value is -0.870. The van der Waals surface area contributed by atoms with E-state index in [1.807, 2.05) is 29.2 Å². The van der Waals surface area contributed by atoms with Crippen LogP contribution in [0.4, 0.5) is 0 Å². The third-order valence-corrected chi connectivity index (χ3v) is 4.48. The number of carbonyl (C=O) groups excluding carboxylic acids is 1. The number of piperidine rings is 1. The largest absolute Gasteiger partial charge is 0.342 e. The lowest BCUT2D eigenvalue weighted by molar-refractivity contribution is -0.132.